The molecule has 0 bridgehead atoms. The van der Waals surface area contributed by atoms with Gasteiger partial charge in [0.1, 0.15) is 11.9 Å². The number of amides is 2. The second-order valence-corrected chi connectivity index (χ2v) is 8.68. The Kier molecular flexibility index (Phi) is 5.02. The molecule has 2 amide bonds. The van der Waals surface area contributed by atoms with E-state index in [1.807, 2.05) is 49.4 Å². The van der Waals surface area contributed by atoms with Gasteiger partial charge in [-0.05, 0) is 54.8 Å². The zero-order chi connectivity index (χ0) is 21.5. The molecule has 0 radical (unpaired) electrons. The van der Waals surface area contributed by atoms with Crippen LogP contribution in [0.3, 0.4) is 0 Å². The van der Waals surface area contributed by atoms with E-state index in [9.17, 15) is 9.18 Å². The van der Waals surface area contributed by atoms with Crippen LogP contribution in [0.15, 0.2) is 71.2 Å². The van der Waals surface area contributed by atoms with Gasteiger partial charge in [0.25, 0.3) is 0 Å². The van der Waals surface area contributed by atoms with Gasteiger partial charge in [0.2, 0.25) is 0 Å². The standard InChI is InChI=1S/C25H21BrFN3O/c1-15-14-16(10-11-20(15)26)28-25(31)30-13-12-18-17-6-3-5-9-22(17)29-23(18)24(30)19-7-2-4-8-21(19)27/h2-11,14,24,29H,12-13H2,1H3,(H,28,31)/t24-/m0/s1. The Balaban J connectivity index is 1.58. The molecule has 1 aromatic heterocycles. The van der Waals surface area contributed by atoms with Gasteiger partial charge in [-0.2, -0.15) is 0 Å². The van der Waals surface area contributed by atoms with Crippen molar-refractivity contribution in [2.45, 2.75) is 19.4 Å². The van der Waals surface area contributed by atoms with Crippen LogP contribution in [0.1, 0.15) is 28.4 Å². The molecule has 0 unspecified atom stereocenters. The number of aryl methyl sites for hydroxylation is 1. The number of aromatic nitrogens is 1. The Hall–Kier alpha value is -3.12. The molecule has 0 aliphatic carbocycles. The third kappa shape index (κ3) is 3.51. The largest absolute Gasteiger partial charge is 0.356 e. The van der Waals surface area contributed by atoms with Crippen LogP contribution in [0.4, 0.5) is 14.9 Å². The molecule has 156 valence electrons. The quantitative estimate of drug-likeness (QED) is 0.337. The van der Waals surface area contributed by atoms with Crippen LogP contribution in [-0.4, -0.2) is 22.5 Å². The average Bonchev–Trinajstić information content (AvgIpc) is 3.15. The predicted octanol–water partition coefficient (Wildman–Crippen LogP) is 6.56. The Morgan fingerprint density at radius 2 is 1.90 bits per heavy atom. The van der Waals surface area contributed by atoms with Crippen LogP contribution in [-0.2, 0) is 6.42 Å². The van der Waals surface area contributed by atoms with E-state index in [1.54, 1.807) is 17.0 Å². The molecule has 2 N–H and O–H groups in total. The molecular formula is C25H21BrFN3O. The van der Waals surface area contributed by atoms with Crippen molar-refractivity contribution in [3.8, 4) is 0 Å². The molecule has 5 rings (SSSR count). The fraction of sp³-hybridized carbons (Fsp3) is 0.160. The molecule has 0 fully saturated rings. The van der Waals surface area contributed by atoms with Crippen molar-refractivity contribution in [2.75, 3.05) is 11.9 Å². The summed E-state index contributed by atoms with van der Waals surface area (Å²) in [4.78, 5) is 18.5. The molecule has 3 aromatic carbocycles. The summed E-state index contributed by atoms with van der Waals surface area (Å²) in [6.07, 6.45) is 0.705. The van der Waals surface area contributed by atoms with Gasteiger partial charge in [-0.3, -0.25) is 0 Å². The van der Waals surface area contributed by atoms with Gasteiger partial charge in [-0.25, -0.2) is 9.18 Å². The molecule has 0 saturated heterocycles. The fourth-order valence-electron chi connectivity index (χ4n) is 4.40. The number of benzene rings is 3. The highest BCUT2D eigenvalue weighted by molar-refractivity contribution is 9.10. The molecule has 2 heterocycles. The van der Waals surface area contributed by atoms with Gasteiger partial charge in [-0.1, -0.05) is 52.3 Å². The number of carbonyl (C=O) groups excluding carboxylic acids is 1. The summed E-state index contributed by atoms with van der Waals surface area (Å²) >= 11 is 3.49. The monoisotopic (exact) mass is 477 g/mol. The zero-order valence-corrected chi connectivity index (χ0v) is 18.5. The molecule has 4 nitrogen and oxygen atoms in total. The lowest BCUT2D eigenvalue weighted by molar-refractivity contribution is 0.192. The minimum atomic E-state index is -0.533. The van der Waals surface area contributed by atoms with E-state index in [4.69, 9.17) is 0 Å². The molecule has 4 aromatic rings. The number of aromatic amines is 1. The van der Waals surface area contributed by atoms with E-state index in [0.717, 1.165) is 32.2 Å². The van der Waals surface area contributed by atoms with E-state index < -0.39 is 6.04 Å². The number of anilines is 1. The summed E-state index contributed by atoms with van der Waals surface area (Å²) in [6.45, 7) is 2.47. The third-order valence-corrected chi connectivity index (χ3v) is 6.79. The Labute approximate surface area is 188 Å². The second kappa shape index (κ2) is 7.85. The van der Waals surface area contributed by atoms with Crippen molar-refractivity contribution < 1.29 is 9.18 Å². The maximum Gasteiger partial charge on any atom is 0.322 e. The highest BCUT2D eigenvalue weighted by Gasteiger charge is 2.36. The summed E-state index contributed by atoms with van der Waals surface area (Å²) in [5, 5.41) is 4.12. The average molecular weight is 478 g/mol. The van der Waals surface area contributed by atoms with Crippen LogP contribution < -0.4 is 5.32 Å². The highest BCUT2D eigenvalue weighted by atomic mass is 79.9. The van der Waals surface area contributed by atoms with Crippen LogP contribution >= 0.6 is 15.9 Å². The summed E-state index contributed by atoms with van der Waals surface area (Å²) in [5.74, 6) is -0.323. The Bertz CT molecular complexity index is 1300. The van der Waals surface area contributed by atoms with Crippen molar-refractivity contribution in [3.05, 3.63) is 99.4 Å². The molecule has 31 heavy (non-hydrogen) atoms. The minimum absolute atomic E-state index is 0.251. The van der Waals surface area contributed by atoms with E-state index in [0.29, 0.717) is 24.2 Å². The number of nitrogens with one attached hydrogen (secondary N) is 2. The van der Waals surface area contributed by atoms with Crippen molar-refractivity contribution >= 4 is 38.6 Å². The van der Waals surface area contributed by atoms with E-state index in [1.165, 1.54) is 6.07 Å². The first-order valence-corrected chi connectivity index (χ1v) is 11.0. The van der Waals surface area contributed by atoms with Crippen molar-refractivity contribution in [2.24, 2.45) is 0 Å². The molecule has 0 saturated carbocycles. The second-order valence-electron chi connectivity index (χ2n) is 7.82. The lowest BCUT2D eigenvalue weighted by Gasteiger charge is -2.36. The number of halogens is 2. The summed E-state index contributed by atoms with van der Waals surface area (Å²) in [6, 6.07) is 19.6. The molecule has 6 heteroatoms. The fourth-order valence-corrected chi connectivity index (χ4v) is 4.64. The van der Waals surface area contributed by atoms with Gasteiger partial charge in [0.05, 0.1) is 0 Å². The molecule has 1 aliphatic heterocycles. The lowest BCUT2D eigenvalue weighted by Crippen LogP contribution is -2.43. The Morgan fingerprint density at radius 1 is 1.13 bits per heavy atom. The van der Waals surface area contributed by atoms with Crippen molar-refractivity contribution in [1.29, 1.82) is 0 Å². The van der Waals surface area contributed by atoms with Gasteiger partial charge >= 0.3 is 6.03 Å². The maximum absolute atomic E-state index is 14.9. The van der Waals surface area contributed by atoms with Gasteiger partial charge in [-0.15, -0.1) is 0 Å². The van der Waals surface area contributed by atoms with E-state index >= 15 is 0 Å². The summed E-state index contributed by atoms with van der Waals surface area (Å²) in [7, 11) is 0. The number of rotatable bonds is 2. The van der Waals surface area contributed by atoms with Crippen LogP contribution in [0.2, 0.25) is 0 Å². The molecule has 0 spiro atoms. The number of urea groups is 1. The predicted molar refractivity (Wildman–Crippen MR) is 125 cm³/mol. The van der Waals surface area contributed by atoms with Gasteiger partial charge in [0.15, 0.2) is 0 Å². The third-order valence-electron chi connectivity index (χ3n) is 5.90. The molecule has 1 atom stereocenters. The van der Waals surface area contributed by atoms with E-state index in [2.05, 4.69) is 32.3 Å². The van der Waals surface area contributed by atoms with Crippen molar-refractivity contribution in [3.63, 3.8) is 0 Å². The van der Waals surface area contributed by atoms with Crippen LogP contribution in [0, 0.1) is 12.7 Å². The normalized spacial score (nSPS) is 15.7. The summed E-state index contributed by atoms with van der Waals surface area (Å²) in [5.41, 5.74) is 5.24. The number of para-hydroxylation sites is 1. The number of H-pyrrole nitrogens is 1. The summed E-state index contributed by atoms with van der Waals surface area (Å²) < 4.78 is 15.9. The number of hydrogen-bond donors (Lipinski definition) is 2. The zero-order valence-electron chi connectivity index (χ0n) is 17.0. The number of nitrogens with zero attached hydrogens (tertiary/aromatic N) is 1. The highest BCUT2D eigenvalue weighted by Crippen LogP contribution is 2.39. The Morgan fingerprint density at radius 3 is 2.71 bits per heavy atom. The van der Waals surface area contributed by atoms with Gasteiger partial charge < -0.3 is 15.2 Å². The van der Waals surface area contributed by atoms with Crippen LogP contribution in [0.5, 0.6) is 0 Å². The first kappa shape index (κ1) is 19.8. The first-order chi connectivity index (χ1) is 15.0. The number of fused-ring (bicyclic) bond motifs is 3. The molecular weight excluding hydrogens is 457 g/mol. The number of hydrogen-bond acceptors (Lipinski definition) is 1. The SMILES string of the molecule is Cc1cc(NC(=O)N2CCc3c([nH]c4ccccc34)[C@@H]2c2ccccc2F)ccc1Br. The molecule has 1 aliphatic rings. The smallest absolute Gasteiger partial charge is 0.322 e. The van der Waals surface area contributed by atoms with E-state index in [-0.39, 0.29) is 11.8 Å². The van der Waals surface area contributed by atoms with Crippen LogP contribution in [0.25, 0.3) is 10.9 Å². The maximum atomic E-state index is 14.9. The topological polar surface area (TPSA) is 48.1 Å². The minimum Gasteiger partial charge on any atom is -0.356 e. The van der Waals surface area contributed by atoms with Crippen molar-refractivity contribution in [1.82, 2.24) is 9.88 Å². The first-order valence-electron chi connectivity index (χ1n) is 10.2. The number of carbonyl (C=O) groups is 1. The lowest BCUT2D eigenvalue weighted by atomic mass is 9.92. The van der Waals surface area contributed by atoms with Gasteiger partial charge in [0, 0.05) is 38.9 Å².